The SMILES string of the molecule is CCNC(CC(C)CC(C)(C)C)CC1CCC1. The summed E-state index contributed by atoms with van der Waals surface area (Å²) < 4.78 is 0. The fraction of sp³-hybridized carbons (Fsp3) is 1.00. The van der Waals surface area contributed by atoms with Gasteiger partial charge in [0.2, 0.25) is 0 Å². The Labute approximate surface area is 109 Å². The minimum Gasteiger partial charge on any atom is -0.314 e. The molecule has 1 fully saturated rings. The molecule has 0 aromatic carbocycles. The molecule has 1 N–H and O–H groups in total. The van der Waals surface area contributed by atoms with E-state index in [1.54, 1.807) is 0 Å². The van der Waals surface area contributed by atoms with Gasteiger partial charge in [-0.3, -0.25) is 0 Å². The molecule has 1 saturated carbocycles. The zero-order valence-corrected chi connectivity index (χ0v) is 12.7. The maximum Gasteiger partial charge on any atom is 0.00721 e. The van der Waals surface area contributed by atoms with Crippen LogP contribution < -0.4 is 5.32 Å². The number of rotatable bonds is 7. The van der Waals surface area contributed by atoms with Gasteiger partial charge in [0.15, 0.2) is 0 Å². The molecular formula is C16H33N. The van der Waals surface area contributed by atoms with Gasteiger partial charge in [-0.25, -0.2) is 0 Å². The summed E-state index contributed by atoms with van der Waals surface area (Å²) in [5.41, 5.74) is 0.479. The lowest BCUT2D eigenvalue weighted by atomic mass is 9.77. The summed E-state index contributed by atoms with van der Waals surface area (Å²) in [5.74, 6) is 1.88. The third-order valence-corrected chi connectivity index (χ3v) is 3.98. The molecule has 1 aliphatic carbocycles. The quantitative estimate of drug-likeness (QED) is 0.683. The first kappa shape index (κ1) is 15.0. The molecule has 0 saturated heterocycles. The van der Waals surface area contributed by atoms with Crippen LogP contribution >= 0.6 is 0 Å². The van der Waals surface area contributed by atoms with Gasteiger partial charge in [-0.2, -0.15) is 0 Å². The Balaban J connectivity index is 2.30. The molecule has 1 aliphatic rings. The first-order chi connectivity index (χ1) is 7.90. The fourth-order valence-corrected chi connectivity index (χ4v) is 3.30. The molecule has 0 radical (unpaired) electrons. The minimum atomic E-state index is 0.479. The number of nitrogens with one attached hydrogen (secondary N) is 1. The molecule has 1 rings (SSSR count). The maximum absolute atomic E-state index is 3.70. The highest BCUT2D eigenvalue weighted by atomic mass is 14.9. The second-order valence-corrected chi connectivity index (χ2v) is 7.39. The normalized spacial score (nSPS) is 21.0. The molecule has 17 heavy (non-hydrogen) atoms. The van der Waals surface area contributed by atoms with E-state index in [1.807, 2.05) is 0 Å². The second-order valence-electron chi connectivity index (χ2n) is 7.39. The van der Waals surface area contributed by atoms with Crippen molar-refractivity contribution in [2.45, 2.75) is 79.2 Å². The van der Waals surface area contributed by atoms with Crippen molar-refractivity contribution < 1.29 is 0 Å². The molecule has 2 atom stereocenters. The summed E-state index contributed by atoms with van der Waals surface area (Å²) >= 11 is 0. The molecule has 1 heteroatoms. The topological polar surface area (TPSA) is 12.0 Å². The maximum atomic E-state index is 3.70. The van der Waals surface area contributed by atoms with Crippen molar-refractivity contribution in [3.05, 3.63) is 0 Å². The molecule has 0 aromatic rings. The molecule has 2 unspecified atom stereocenters. The highest BCUT2D eigenvalue weighted by Crippen LogP contribution is 2.33. The van der Waals surface area contributed by atoms with E-state index in [-0.39, 0.29) is 0 Å². The minimum absolute atomic E-state index is 0.479. The molecule has 1 nitrogen and oxygen atoms in total. The van der Waals surface area contributed by atoms with Gasteiger partial charge >= 0.3 is 0 Å². The Morgan fingerprint density at radius 2 is 1.88 bits per heavy atom. The van der Waals surface area contributed by atoms with Crippen molar-refractivity contribution in [1.29, 1.82) is 0 Å². The van der Waals surface area contributed by atoms with Crippen LogP contribution in [0, 0.1) is 17.3 Å². The van der Waals surface area contributed by atoms with Crippen molar-refractivity contribution in [1.82, 2.24) is 5.32 Å². The van der Waals surface area contributed by atoms with Crippen molar-refractivity contribution in [2.24, 2.45) is 17.3 Å². The van der Waals surface area contributed by atoms with Crippen molar-refractivity contribution in [2.75, 3.05) is 6.54 Å². The Morgan fingerprint density at radius 3 is 2.29 bits per heavy atom. The van der Waals surface area contributed by atoms with Gasteiger partial charge in [0.1, 0.15) is 0 Å². The van der Waals surface area contributed by atoms with E-state index >= 15 is 0 Å². The first-order valence-electron chi connectivity index (χ1n) is 7.64. The predicted molar refractivity (Wildman–Crippen MR) is 77.3 cm³/mol. The fourth-order valence-electron chi connectivity index (χ4n) is 3.30. The first-order valence-corrected chi connectivity index (χ1v) is 7.64. The van der Waals surface area contributed by atoms with Crippen LogP contribution in [0.4, 0.5) is 0 Å². The molecule has 0 heterocycles. The Hall–Kier alpha value is -0.0400. The lowest BCUT2D eigenvalue weighted by Crippen LogP contribution is -2.34. The highest BCUT2D eigenvalue weighted by molar-refractivity contribution is 4.79. The van der Waals surface area contributed by atoms with Crippen molar-refractivity contribution >= 4 is 0 Å². The summed E-state index contributed by atoms with van der Waals surface area (Å²) in [5, 5.41) is 3.70. The molecule has 0 amide bonds. The summed E-state index contributed by atoms with van der Waals surface area (Å²) in [7, 11) is 0. The van der Waals surface area contributed by atoms with Crippen LogP contribution in [0.5, 0.6) is 0 Å². The zero-order chi connectivity index (χ0) is 12.9. The monoisotopic (exact) mass is 239 g/mol. The van der Waals surface area contributed by atoms with Gasteiger partial charge in [-0.1, -0.05) is 53.9 Å². The molecule has 0 aliphatic heterocycles. The molecule has 102 valence electrons. The van der Waals surface area contributed by atoms with Crippen molar-refractivity contribution in [3.63, 3.8) is 0 Å². The summed E-state index contributed by atoms with van der Waals surface area (Å²) in [6, 6.07) is 0.766. The van der Waals surface area contributed by atoms with E-state index in [2.05, 4.69) is 39.9 Å². The lowest BCUT2D eigenvalue weighted by molar-refractivity contribution is 0.223. The van der Waals surface area contributed by atoms with Gasteiger partial charge in [0, 0.05) is 6.04 Å². The van der Waals surface area contributed by atoms with Gasteiger partial charge in [0.05, 0.1) is 0 Å². The second kappa shape index (κ2) is 6.78. The average molecular weight is 239 g/mol. The van der Waals surface area contributed by atoms with Crippen LogP contribution in [-0.4, -0.2) is 12.6 Å². The lowest BCUT2D eigenvalue weighted by Gasteiger charge is -2.32. The predicted octanol–water partition coefficient (Wildman–Crippen LogP) is 4.62. The van der Waals surface area contributed by atoms with Crippen LogP contribution in [0.15, 0.2) is 0 Å². The van der Waals surface area contributed by atoms with E-state index in [1.165, 1.54) is 38.5 Å². The van der Waals surface area contributed by atoms with E-state index in [4.69, 9.17) is 0 Å². The van der Waals surface area contributed by atoms with E-state index in [0.717, 1.165) is 24.4 Å². The highest BCUT2D eigenvalue weighted by Gasteiger charge is 2.24. The van der Waals surface area contributed by atoms with E-state index < -0.39 is 0 Å². The largest absolute Gasteiger partial charge is 0.314 e. The van der Waals surface area contributed by atoms with Gasteiger partial charge in [-0.05, 0) is 43.1 Å². The molecule has 0 bridgehead atoms. The van der Waals surface area contributed by atoms with Crippen molar-refractivity contribution in [3.8, 4) is 0 Å². The van der Waals surface area contributed by atoms with E-state index in [0.29, 0.717) is 5.41 Å². The number of hydrogen-bond donors (Lipinski definition) is 1. The Morgan fingerprint density at radius 1 is 1.24 bits per heavy atom. The van der Waals surface area contributed by atoms with Gasteiger partial charge in [-0.15, -0.1) is 0 Å². The third kappa shape index (κ3) is 6.45. The van der Waals surface area contributed by atoms with Crippen LogP contribution in [0.3, 0.4) is 0 Å². The molecule has 0 spiro atoms. The Bertz CT molecular complexity index is 200. The third-order valence-electron chi connectivity index (χ3n) is 3.98. The van der Waals surface area contributed by atoms with Gasteiger partial charge in [0.25, 0.3) is 0 Å². The summed E-state index contributed by atoms with van der Waals surface area (Å²) in [4.78, 5) is 0. The zero-order valence-electron chi connectivity index (χ0n) is 12.7. The summed E-state index contributed by atoms with van der Waals surface area (Å²) in [6.45, 7) is 12.9. The summed E-state index contributed by atoms with van der Waals surface area (Å²) in [6.07, 6.45) is 8.57. The standard InChI is InChI=1S/C16H33N/c1-6-17-15(11-14-8-7-9-14)10-13(2)12-16(3,4)5/h13-15,17H,6-12H2,1-5H3. The molecular weight excluding hydrogens is 206 g/mol. The molecule has 0 aromatic heterocycles. The number of hydrogen-bond acceptors (Lipinski definition) is 1. The van der Waals surface area contributed by atoms with E-state index in [9.17, 15) is 0 Å². The van der Waals surface area contributed by atoms with Crippen LogP contribution in [0.25, 0.3) is 0 Å². The smallest absolute Gasteiger partial charge is 0.00721 e. The average Bonchev–Trinajstić information content (AvgIpc) is 2.08. The Kier molecular flexibility index (Phi) is 5.99. The van der Waals surface area contributed by atoms with Crippen LogP contribution in [0.1, 0.15) is 73.1 Å². The van der Waals surface area contributed by atoms with Crippen LogP contribution in [0.2, 0.25) is 0 Å². The van der Waals surface area contributed by atoms with Crippen LogP contribution in [-0.2, 0) is 0 Å². The van der Waals surface area contributed by atoms with Gasteiger partial charge < -0.3 is 5.32 Å².